The zero-order valence-corrected chi connectivity index (χ0v) is 9.74. The Hall–Kier alpha value is -0.250. The van der Waals surface area contributed by atoms with Crippen molar-refractivity contribution in [2.75, 3.05) is 6.54 Å². The monoisotopic (exact) mass is 235 g/mol. The topological polar surface area (TPSA) is 12.0 Å². The summed E-state index contributed by atoms with van der Waals surface area (Å²) in [6, 6.07) is 0. The maximum Gasteiger partial charge on any atom is 0.406 e. The molecule has 0 aromatic carbocycles. The van der Waals surface area contributed by atoms with Crippen LogP contribution in [0.1, 0.15) is 45.4 Å². The average Bonchev–Trinajstić information content (AvgIpc) is 2.94. The summed E-state index contributed by atoms with van der Waals surface area (Å²) in [5, 5.41) is 2.78. The highest BCUT2D eigenvalue weighted by Gasteiger charge is 2.63. The first-order valence-corrected chi connectivity index (χ1v) is 6.25. The van der Waals surface area contributed by atoms with Gasteiger partial charge in [0.25, 0.3) is 0 Å². The lowest BCUT2D eigenvalue weighted by Crippen LogP contribution is -2.47. The summed E-state index contributed by atoms with van der Waals surface area (Å²) in [7, 11) is 0. The van der Waals surface area contributed by atoms with Gasteiger partial charge in [0, 0.05) is 0 Å². The van der Waals surface area contributed by atoms with Crippen molar-refractivity contribution in [2.24, 2.45) is 11.8 Å². The van der Waals surface area contributed by atoms with E-state index in [0.29, 0.717) is 18.4 Å². The molecule has 0 bridgehead atoms. The molecule has 2 atom stereocenters. The van der Waals surface area contributed by atoms with Crippen LogP contribution < -0.4 is 5.32 Å². The third-order valence-corrected chi connectivity index (χ3v) is 4.07. The van der Waals surface area contributed by atoms with Gasteiger partial charge in [-0.15, -0.1) is 0 Å². The highest BCUT2D eigenvalue weighted by Crippen LogP contribution is 2.49. The zero-order chi connectivity index (χ0) is 11.8. The number of hydrogen-bond donors (Lipinski definition) is 1. The van der Waals surface area contributed by atoms with Crippen LogP contribution >= 0.6 is 0 Å². The third kappa shape index (κ3) is 2.53. The standard InChI is InChI=1S/C12H20F3N/c1-9-3-2-4-10(7-9)8-16-11(5-6-11)12(13,14)15/h9-10,16H,2-8H2,1H3. The maximum absolute atomic E-state index is 12.7. The van der Waals surface area contributed by atoms with Crippen LogP contribution in [0.15, 0.2) is 0 Å². The Bertz CT molecular complexity index is 245. The lowest BCUT2D eigenvalue weighted by Gasteiger charge is -2.29. The van der Waals surface area contributed by atoms with Crippen molar-refractivity contribution in [3.63, 3.8) is 0 Å². The van der Waals surface area contributed by atoms with Crippen molar-refractivity contribution in [1.82, 2.24) is 5.32 Å². The lowest BCUT2D eigenvalue weighted by molar-refractivity contribution is -0.166. The summed E-state index contributed by atoms with van der Waals surface area (Å²) in [5.41, 5.74) is -1.52. The van der Waals surface area contributed by atoms with Crippen LogP contribution in [0.5, 0.6) is 0 Å². The summed E-state index contributed by atoms with van der Waals surface area (Å²) < 4.78 is 38.0. The number of rotatable bonds is 3. The van der Waals surface area contributed by atoms with E-state index >= 15 is 0 Å². The average molecular weight is 235 g/mol. The van der Waals surface area contributed by atoms with Gasteiger partial charge in [-0.3, -0.25) is 0 Å². The number of hydrogen-bond acceptors (Lipinski definition) is 1. The molecule has 0 spiro atoms. The molecule has 0 saturated heterocycles. The lowest BCUT2D eigenvalue weighted by atomic mass is 9.82. The highest BCUT2D eigenvalue weighted by molar-refractivity contribution is 5.08. The van der Waals surface area contributed by atoms with E-state index < -0.39 is 11.7 Å². The van der Waals surface area contributed by atoms with Crippen molar-refractivity contribution < 1.29 is 13.2 Å². The molecule has 0 amide bonds. The minimum absolute atomic E-state index is 0.263. The minimum atomic E-state index is -4.06. The molecule has 0 heterocycles. The quantitative estimate of drug-likeness (QED) is 0.789. The molecule has 1 N–H and O–H groups in total. The van der Waals surface area contributed by atoms with E-state index in [1.165, 1.54) is 12.8 Å². The number of alkyl halides is 3. The van der Waals surface area contributed by atoms with Crippen LogP contribution in [0.3, 0.4) is 0 Å². The highest BCUT2D eigenvalue weighted by atomic mass is 19.4. The van der Waals surface area contributed by atoms with E-state index in [4.69, 9.17) is 0 Å². The van der Waals surface area contributed by atoms with Gasteiger partial charge in [-0.25, -0.2) is 0 Å². The molecular formula is C12H20F3N. The largest absolute Gasteiger partial charge is 0.406 e. The van der Waals surface area contributed by atoms with Crippen molar-refractivity contribution in [1.29, 1.82) is 0 Å². The normalized spacial score (nSPS) is 33.8. The van der Waals surface area contributed by atoms with E-state index in [-0.39, 0.29) is 12.8 Å². The maximum atomic E-state index is 12.7. The second-order valence-electron chi connectivity index (χ2n) is 5.60. The van der Waals surface area contributed by atoms with Crippen molar-refractivity contribution in [2.45, 2.75) is 57.2 Å². The first-order valence-electron chi connectivity index (χ1n) is 6.25. The van der Waals surface area contributed by atoms with E-state index in [1.807, 2.05) is 0 Å². The van der Waals surface area contributed by atoms with Crippen LogP contribution in [-0.2, 0) is 0 Å². The van der Waals surface area contributed by atoms with Gasteiger partial charge >= 0.3 is 6.18 Å². The molecule has 2 saturated carbocycles. The molecule has 0 radical (unpaired) electrons. The molecule has 2 aliphatic rings. The van der Waals surface area contributed by atoms with E-state index in [2.05, 4.69) is 12.2 Å². The summed E-state index contributed by atoms with van der Waals surface area (Å²) in [6.07, 6.45) is 1.05. The van der Waals surface area contributed by atoms with Crippen molar-refractivity contribution in [3.05, 3.63) is 0 Å². The second-order valence-corrected chi connectivity index (χ2v) is 5.60. The molecule has 2 fully saturated rings. The molecule has 0 aromatic rings. The van der Waals surface area contributed by atoms with Gasteiger partial charge < -0.3 is 5.32 Å². The smallest absolute Gasteiger partial charge is 0.303 e. The van der Waals surface area contributed by atoms with Gasteiger partial charge in [-0.1, -0.05) is 19.8 Å². The van der Waals surface area contributed by atoms with Crippen LogP contribution in [0.25, 0.3) is 0 Å². The first kappa shape index (κ1) is 12.2. The first-order chi connectivity index (χ1) is 7.43. The molecule has 2 unspecified atom stereocenters. The molecule has 94 valence electrons. The Morgan fingerprint density at radius 2 is 1.94 bits per heavy atom. The van der Waals surface area contributed by atoms with Crippen LogP contribution in [0, 0.1) is 11.8 Å². The van der Waals surface area contributed by atoms with Crippen LogP contribution in [0.4, 0.5) is 13.2 Å². The summed E-state index contributed by atoms with van der Waals surface area (Å²) in [4.78, 5) is 0. The molecular weight excluding hydrogens is 215 g/mol. The predicted molar refractivity (Wildman–Crippen MR) is 57.1 cm³/mol. The van der Waals surface area contributed by atoms with Crippen molar-refractivity contribution >= 4 is 0 Å². The van der Waals surface area contributed by atoms with Gasteiger partial charge in [0.2, 0.25) is 0 Å². The van der Waals surface area contributed by atoms with Crippen LogP contribution in [0.2, 0.25) is 0 Å². The Morgan fingerprint density at radius 3 is 2.44 bits per heavy atom. The number of nitrogens with one attached hydrogen (secondary N) is 1. The van der Waals surface area contributed by atoms with Gasteiger partial charge in [0.05, 0.1) is 0 Å². The Morgan fingerprint density at radius 1 is 1.25 bits per heavy atom. The van der Waals surface area contributed by atoms with Gasteiger partial charge in [0.1, 0.15) is 5.54 Å². The summed E-state index contributed by atoms with van der Waals surface area (Å²) in [6.45, 7) is 2.74. The van der Waals surface area contributed by atoms with E-state index in [0.717, 1.165) is 12.8 Å². The fourth-order valence-corrected chi connectivity index (χ4v) is 2.77. The fourth-order valence-electron chi connectivity index (χ4n) is 2.77. The van der Waals surface area contributed by atoms with E-state index in [9.17, 15) is 13.2 Å². The molecule has 2 aliphatic carbocycles. The zero-order valence-electron chi connectivity index (χ0n) is 9.74. The van der Waals surface area contributed by atoms with E-state index in [1.54, 1.807) is 0 Å². The Kier molecular flexibility index (Phi) is 3.21. The molecule has 0 aromatic heterocycles. The molecule has 0 aliphatic heterocycles. The SMILES string of the molecule is CC1CCCC(CNC2(C(F)(F)F)CC2)C1. The van der Waals surface area contributed by atoms with Gasteiger partial charge in [0.15, 0.2) is 0 Å². The predicted octanol–water partition coefficient (Wildman–Crippen LogP) is 3.50. The third-order valence-electron chi connectivity index (χ3n) is 4.07. The molecule has 2 rings (SSSR count). The summed E-state index contributed by atoms with van der Waals surface area (Å²) in [5.74, 6) is 1.13. The second kappa shape index (κ2) is 4.21. The fraction of sp³-hybridized carbons (Fsp3) is 1.00. The van der Waals surface area contributed by atoms with Crippen molar-refractivity contribution in [3.8, 4) is 0 Å². The molecule has 16 heavy (non-hydrogen) atoms. The Balaban J connectivity index is 1.79. The Labute approximate surface area is 94.8 Å². The van der Waals surface area contributed by atoms with Gasteiger partial charge in [-0.2, -0.15) is 13.2 Å². The van der Waals surface area contributed by atoms with Crippen LogP contribution in [-0.4, -0.2) is 18.3 Å². The summed E-state index contributed by atoms with van der Waals surface area (Å²) >= 11 is 0. The number of halogens is 3. The molecule has 1 nitrogen and oxygen atoms in total. The molecule has 4 heteroatoms. The van der Waals surface area contributed by atoms with Gasteiger partial charge in [-0.05, 0) is 44.1 Å². The minimum Gasteiger partial charge on any atom is -0.303 e.